The molecule has 0 aliphatic carbocycles. The molecule has 1 unspecified atom stereocenters. The Morgan fingerprint density at radius 3 is 3.06 bits per heavy atom. The topological polar surface area (TPSA) is 61.5 Å². The van der Waals surface area contributed by atoms with Crippen LogP contribution in [0.2, 0.25) is 0 Å². The SMILES string of the molecule is COC(=O)C1(N)CCOc2ccc(F)cc21. The molecule has 0 bridgehead atoms. The van der Waals surface area contributed by atoms with Crippen LogP contribution < -0.4 is 10.5 Å². The first kappa shape index (κ1) is 10.9. The van der Waals surface area contributed by atoms with E-state index in [1.807, 2.05) is 0 Å². The van der Waals surface area contributed by atoms with E-state index in [4.69, 9.17) is 10.5 Å². The molecule has 0 radical (unpaired) electrons. The number of ether oxygens (including phenoxy) is 2. The summed E-state index contributed by atoms with van der Waals surface area (Å²) in [6.45, 7) is 0.310. The minimum Gasteiger partial charge on any atom is -0.493 e. The molecule has 0 saturated carbocycles. The van der Waals surface area contributed by atoms with Crippen molar-refractivity contribution in [1.82, 2.24) is 0 Å². The molecule has 0 amide bonds. The molecule has 0 saturated heterocycles. The van der Waals surface area contributed by atoms with Crippen molar-refractivity contribution in [3.05, 3.63) is 29.6 Å². The summed E-state index contributed by atoms with van der Waals surface area (Å²) >= 11 is 0. The highest BCUT2D eigenvalue weighted by Gasteiger charge is 2.42. The Hall–Kier alpha value is -1.62. The third-order valence-electron chi connectivity index (χ3n) is 2.73. The number of methoxy groups -OCH3 is 1. The van der Waals surface area contributed by atoms with Gasteiger partial charge in [0.05, 0.1) is 13.7 Å². The van der Waals surface area contributed by atoms with E-state index in [1.165, 1.54) is 25.3 Å². The molecule has 1 aliphatic rings. The Balaban J connectivity index is 2.54. The van der Waals surface area contributed by atoms with Gasteiger partial charge in [0.1, 0.15) is 17.1 Å². The smallest absolute Gasteiger partial charge is 0.330 e. The van der Waals surface area contributed by atoms with E-state index in [0.717, 1.165) is 0 Å². The Bertz CT molecular complexity index is 435. The molecule has 5 heteroatoms. The number of nitrogens with two attached hydrogens (primary N) is 1. The highest BCUT2D eigenvalue weighted by atomic mass is 19.1. The van der Waals surface area contributed by atoms with Crippen LogP contribution in [0.15, 0.2) is 18.2 Å². The van der Waals surface area contributed by atoms with E-state index in [9.17, 15) is 9.18 Å². The highest BCUT2D eigenvalue weighted by molar-refractivity contribution is 5.83. The molecule has 2 N–H and O–H groups in total. The number of esters is 1. The lowest BCUT2D eigenvalue weighted by Gasteiger charge is -2.32. The fraction of sp³-hybridized carbons (Fsp3) is 0.364. The summed E-state index contributed by atoms with van der Waals surface area (Å²) in [4.78, 5) is 11.6. The van der Waals surface area contributed by atoms with Crippen LogP contribution in [-0.4, -0.2) is 19.7 Å². The zero-order chi connectivity index (χ0) is 11.8. The summed E-state index contributed by atoms with van der Waals surface area (Å²) in [5.41, 5.74) is 5.00. The zero-order valence-corrected chi connectivity index (χ0v) is 8.83. The third kappa shape index (κ3) is 1.53. The summed E-state index contributed by atoms with van der Waals surface area (Å²) in [7, 11) is 1.26. The van der Waals surface area contributed by atoms with Crippen LogP contribution in [0.5, 0.6) is 5.75 Å². The standard InChI is InChI=1S/C11H12FNO3/c1-15-10(14)11(13)4-5-16-9-3-2-7(12)6-8(9)11/h2-3,6H,4-5,13H2,1H3. The number of hydrogen-bond acceptors (Lipinski definition) is 4. The van der Waals surface area contributed by atoms with Crippen LogP contribution in [-0.2, 0) is 15.1 Å². The Morgan fingerprint density at radius 2 is 2.38 bits per heavy atom. The van der Waals surface area contributed by atoms with E-state index in [-0.39, 0.29) is 6.42 Å². The van der Waals surface area contributed by atoms with Gasteiger partial charge in [0.2, 0.25) is 0 Å². The summed E-state index contributed by atoms with van der Waals surface area (Å²) in [5.74, 6) is -0.605. The first-order valence-electron chi connectivity index (χ1n) is 4.88. The maximum Gasteiger partial charge on any atom is 0.330 e. The summed E-state index contributed by atoms with van der Waals surface area (Å²) in [6, 6.07) is 3.95. The minimum atomic E-state index is -1.32. The second kappa shape index (κ2) is 3.75. The number of carbonyl (C=O) groups excluding carboxylic acids is 1. The van der Waals surface area contributed by atoms with Crippen LogP contribution in [0.25, 0.3) is 0 Å². The molecule has 1 aromatic rings. The van der Waals surface area contributed by atoms with Gasteiger partial charge in [0.15, 0.2) is 0 Å². The van der Waals surface area contributed by atoms with Gasteiger partial charge in [-0.15, -0.1) is 0 Å². The molecule has 4 nitrogen and oxygen atoms in total. The van der Waals surface area contributed by atoms with E-state index in [2.05, 4.69) is 4.74 Å². The number of carbonyl (C=O) groups is 1. The Kier molecular flexibility index (Phi) is 2.55. The lowest BCUT2D eigenvalue weighted by atomic mass is 9.85. The second-order valence-electron chi connectivity index (χ2n) is 3.70. The molecular formula is C11H12FNO3. The average molecular weight is 225 g/mol. The second-order valence-corrected chi connectivity index (χ2v) is 3.70. The minimum absolute atomic E-state index is 0.274. The number of benzene rings is 1. The van der Waals surface area contributed by atoms with Crippen LogP contribution in [0, 0.1) is 5.82 Å². The normalized spacial score (nSPS) is 23.2. The molecule has 1 atom stereocenters. The molecule has 0 fully saturated rings. The van der Waals surface area contributed by atoms with Gasteiger partial charge in [-0.05, 0) is 18.2 Å². The predicted octanol–water partition coefficient (Wildman–Crippen LogP) is 0.935. The van der Waals surface area contributed by atoms with E-state index >= 15 is 0 Å². The lowest BCUT2D eigenvalue weighted by molar-refractivity contribution is -0.148. The van der Waals surface area contributed by atoms with Crippen LogP contribution >= 0.6 is 0 Å². The maximum absolute atomic E-state index is 13.1. The first-order chi connectivity index (χ1) is 7.58. The van der Waals surface area contributed by atoms with Crippen molar-refractivity contribution in [3.8, 4) is 5.75 Å². The van der Waals surface area contributed by atoms with Gasteiger partial charge in [-0.2, -0.15) is 0 Å². The van der Waals surface area contributed by atoms with E-state index in [0.29, 0.717) is 17.9 Å². The van der Waals surface area contributed by atoms with Crippen LogP contribution in [0.4, 0.5) is 4.39 Å². The van der Waals surface area contributed by atoms with Gasteiger partial charge in [-0.1, -0.05) is 0 Å². The number of halogens is 1. The zero-order valence-electron chi connectivity index (χ0n) is 8.83. The summed E-state index contributed by atoms with van der Waals surface area (Å²) in [6.07, 6.45) is 0.274. The molecule has 0 aromatic heterocycles. The largest absolute Gasteiger partial charge is 0.493 e. The summed E-state index contributed by atoms with van der Waals surface area (Å²) < 4.78 is 23.1. The van der Waals surface area contributed by atoms with E-state index in [1.54, 1.807) is 0 Å². The Labute approximate surface area is 92.1 Å². The molecule has 16 heavy (non-hydrogen) atoms. The fourth-order valence-corrected chi connectivity index (χ4v) is 1.83. The molecule has 2 rings (SSSR count). The van der Waals surface area contributed by atoms with Crippen molar-refractivity contribution >= 4 is 5.97 Å². The molecule has 1 heterocycles. The fourth-order valence-electron chi connectivity index (χ4n) is 1.83. The quantitative estimate of drug-likeness (QED) is 0.722. The monoisotopic (exact) mass is 225 g/mol. The van der Waals surface area contributed by atoms with E-state index < -0.39 is 17.3 Å². The maximum atomic E-state index is 13.1. The number of hydrogen-bond donors (Lipinski definition) is 1. The first-order valence-corrected chi connectivity index (χ1v) is 4.88. The van der Waals surface area contributed by atoms with Crippen molar-refractivity contribution in [2.75, 3.05) is 13.7 Å². The van der Waals surface area contributed by atoms with Gasteiger partial charge >= 0.3 is 5.97 Å². The van der Waals surface area contributed by atoms with Gasteiger partial charge in [0, 0.05) is 12.0 Å². The lowest BCUT2D eigenvalue weighted by Crippen LogP contribution is -2.49. The van der Waals surface area contributed by atoms with Gasteiger partial charge in [-0.25, -0.2) is 9.18 Å². The molecule has 1 aliphatic heterocycles. The third-order valence-corrected chi connectivity index (χ3v) is 2.73. The van der Waals surface area contributed by atoms with Crippen LogP contribution in [0.1, 0.15) is 12.0 Å². The van der Waals surface area contributed by atoms with Crippen molar-refractivity contribution in [1.29, 1.82) is 0 Å². The van der Waals surface area contributed by atoms with Crippen molar-refractivity contribution in [2.45, 2.75) is 12.0 Å². The number of fused-ring (bicyclic) bond motifs is 1. The van der Waals surface area contributed by atoms with Crippen molar-refractivity contribution in [3.63, 3.8) is 0 Å². The molecule has 1 aromatic carbocycles. The highest BCUT2D eigenvalue weighted by Crippen LogP contribution is 2.36. The van der Waals surface area contributed by atoms with Crippen LogP contribution in [0.3, 0.4) is 0 Å². The number of rotatable bonds is 1. The average Bonchev–Trinajstić information content (AvgIpc) is 2.29. The summed E-state index contributed by atoms with van der Waals surface area (Å²) in [5, 5.41) is 0. The van der Waals surface area contributed by atoms with Gasteiger partial charge < -0.3 is 15.2 Å². The molecule has 86 valence electrons. The molecular weight excluding hydrogens is 213 g/mol. The Morgan fingerprint density at radius 1 is 1.62 bits per heavy atom. The van der Waals surface area contributed by atoms with Gasteiger partial charge in [-0.3, -0.25) is 0 Å². The van der Waals surface area contributed by atoms with Crippen molar-refractivity contribution in [2.24, 2.45) is 5.73 Å². The predicted molar refractivity (Wildman–Crippen MR) is 54.4 cm³/mol. The van der Waals surface area contributed by atoms with Gasteiger partial charge in [0.25, 0.3) is 0 Å². The van der Waals surface area contributed by atoms with Crippen molar-refractivity contribution < 1.29 is 18.7 Å². The molecule has 0 spiro atoms.